The Balaban J connectivity index is 1.88. The highest BCUT2D eigenvalue weighted by Gasteiger charge is 2.13. The van der Waals surface area contributed by atoms with Crippen LogP contribution in [-0.2, 0) is 9.53 Å². The molecule has 5 nitrogen and oxygen atoms in total. The molecule has 19 heavy (non-hydrogen) atoms. The summed E-state index contributed by atoms with van der Waals surface area (Å²) >= 11 is 0. The zero-order chi connectivity index (χ0) is 13.7. The summed E-state index contributed by atoms with van der Waals surface area (Å²) in [6, 6.07) is 7.65. The van der Waals surface area contributed by atoms with Crippen LogP contribution < -0.4 is 16.4 Å². The molecule has 0 spiro atoms. The summed E-state index contributed by atoms with van der Waals surface area (Å²) in [5.74, 6) is -0.176. The van der Waals surface area contributed by atoms with Gasteiger partial charge in [-0.15, -0.1) is 0 Å². The SMILES string of the molecule is C[C@@H](N)C(=O)Nc1ccc(NC2CCOCC2)cc1. The number of rotatable bonds is 4. The van der Waals surface area contributed by atoms with Crippen LogP contribution in [0.3, 0.4) is 0 Å². The van der Waals surface area contributed by atoms with Crippen molar-refractivity contribution >= 4 is 17.3 Å². The Kier molecular flexibility index (Phi) is 4.76. The Hall–Kier alpha value is -1.59. The molecule has 1 aliphatic rings. The third kappa shape index (κ3) is 4.22. The van der Waals surface area contributed by atoms with Crippen molar-refractivity contribution in [2.45, 2.75) is 31.8 Å². The molecule has 1 amide bonds. The van der Waals surface area contributed by atoms with Crippen LogP contribution in [-0.4, -0.2) is 31.2 Å². The second kappa shape index (κ2) is 6.54. The molecule has 1 fully saturated rings. The van der Waals surface area contributed by atoms with Crippen molar-refractivity contribution in [3.8, 4) is 0 Å². The van der Waals surface area contributed by atoms with Gasteiger partial charge in [0.2, 0.25) is 5.91 Å². The molecular formula is C14H21N3O2. The topological polar surface area (TPSA) is 76.4 Å². The van der Waals surface area contributed by atoms with Gasteiger partial charge in [-0.2, -0.15) is 0 Å². The fourth-order valence-electron chi connectivity index (χ4n) is 1.98. The molecule has 0 bridgehead atoms. The Morgan fingerprint density at radius 1 is 1.26 bits per heavy atom. The highest BCUT2D eigenvalue weighted by Crippen LogP contribution is 2.17. The summed E-state index contributed by atoms with van der Waals surface area (Å²) in [7, 11) is 0. The molecule has 0 aliphatic carbocycles. The van der Waals surface area contributed by atoms with Gasteiger partial charge in [-0.3, -0.25) is 4.79 Å². The zero-order valence-corrected chi connectivity index (χ0v) is 11.2. The van der Waals surface area contributed by atoms with Gasteiger partial charge >= 0.3 is 0 Å². The predicted octanol–water partition coefficient (Wildman–Crippen LogP) is 1.56. The van der Waals surface area contributed by atoms with Gasteiger partial charge in [-0.25, -0.2) is 0 Å². The molecule has 0 unspecified atom stereocenters. The lowest BCUT2D eigenvalue weighted by Crippen LogP contribution is -2.32. The van der Waals surface area contributed by atoms with Crippen LogP contribution in [0.25, 0.3) is 0 Å². The minimum absolute atomic E-state index is 0.176. The summed E-state index contributed by atoms with van der Waals surface area (Å²) < 4.78 is 5.32. The number of hydrogen-bond donors (Lipinski definition) is 3. The zero-order valence-electron chi connectivity index (χ0n) is 11.2. The molecule has 5 heteroatoms. The van der Waals surface area contributed by atoms with E-state index in [1.807, 2.05) is 24.3 Å². The largest absolute Gasteiger partial charge is 0.382 e. The first-order valence-corrected chi connectivity index (χ1v) is 6.66. The molecule has 0 saturated carbocycles. The highest BCUT2D eigenvalue weighted by molar-refractivity contribution is 5.94. The van der Waals surface area contributed by atoms with Crippen molar-refractivity contribution < 1.29 is 9.53 Å². The van der Waals surface area contributed by atoms with Gasteiger partial charge in [0, 0.05) is 30.6 Å². The van der Waals surface area contributed by atoms with E-state index in [9.17, 15) is 4.79 Å². The van der Waals surface area contributed by atoms with E-state index >= 15 is 0 Å². The summed E-state index contributed by atoms with van der Waals surface area (Å²) in [5.41, 5.74) is 7.33. The van der Waals surface area contributed by atoms with Crippen molar-refractivity contribution in [2.24, 2.45) is 5.73 Å². The summed E-state index contributed by atoms with van der Waals surface area (Å²) in [6.07, 6.45) is 2.06. The molecule has 1 aromatic carbocycles. The number of nitrogens with one attached hydrogen (secondary N) is 2. The average molecular weight is 263 g/mol. The molecule has 1 saturated heterocycles. The van der Waals surface area contributed by atoms with E-state index < -0.39 is 6.04 Å². The third-order valence-corrected chi connectivity index (χ3v) is 3.16. The van der Waals surface area contributed by atoms with E-state index in [-0.39, 0.29) is 5.91 Å². The van der Waals surface area contributed by atoms with Crippen molar-refractivity contribution in [3.05, 3.63) is 24.3 Å². The first-order chi connectivity index (χ1) is 9.15. The maximum Gasteiger partial charge on any atom is 0.240 e. The molecule has 0 radical (unpaired) electrons. The van der Waals surface area contributed by atoms with Crippen LogP contribution >= 0.6 is 0 Å². The monoisotopic (exact) mass is 263 g/mol. The highest BCUT2D eigenvalue weighted by atomic mass is 16.5. The predicted molar refractivity (Wildman–Crippen MR) is 76.2 cm³/mol. The van der Waals surface area contributed by atoms with Gasteiger partial charge in [-0.05, 0) is 44.0 Å². The van der Waals surface area contributed by atoms with Gasteiger partial charge in [0.05, 0.1) is 6.04 Å². The Morgan fingerprint density at radius 3 is 2.42 bits per heavy atom. The van der Waals surface area contributed by atoms with Crippen LogP contribution in [0, 0.1) is 0 Å². The van der Waals surface area contributed by atoms with Crippen LogP contribution in [0.2, 0.25) is 0 Å². The number of benzene rings is 1. The number of ether oxygens (including phenoxy) is 1. The summed E-state index contributed by atoms with van der Waals surface area (Å²) in [4.78, 5) is 11.4. The summed E-state index contributed by atoms with van der Waals surface area (Å²) in [6.45, 7) is 3.30. The quantitative estimate of drug-likeness (QED) is 0.770. The lowest BCUT2D eigenvalue weighted by molar-refractivity contribution is -0.117. The number of carbonyl (C=O) groups is 1. The molecule has 1 aliphatic heterocycles. The van der Waals surface area contributed by atoms with Crippen molar-refractivity contribution in [3.63, 3.8) is 0 Å². The fraction of sp³-hybridized carbons (Fsp3) is 0.500. The van der Waals surface area contributed by atoms with Crippen molar-refractivity contribution in [1.29, 1.82) is 0 Å². The van der Waals surface area contributed by atoms with Gasteiger partial charge in [0.25, 0.3) is 0 Å². The van der Waals surface area contributed by atoms with E-state index in [0.29, 0.717) is 6.04 Å². The van der Waals surface area contributed by atoms with Crippen molar-refractivity contribution in [2.75, 3.05) is 23.8 Å². The van der Waals surface area contributed by atoms with Gasteiger partial charge in [0.15, 0.2) is 0 Å². The number of nitrogens with two attached hydrogens (primary N) is 1. The van der Waals surface area contributed by atoms with E-state index in [2.05, 4.69) is 10.6 Å². The lowest BCUT2D eigenvalue weighted by Gasteiger charge is -2.24. The van der Waals surface area contributed by atoms with E-state index in [1.54, 1.807) is 6.92 Å². The van der Waals surface area contributed by atoms with Gasteiger partial charge in [-0.1, -0.05) is 0 Å². The van der Waals surface area contributed by atoms with E-state index in [0.717, 1.165) is 37.4 Å². The summed E-state index contributed by atoms with van der Waals surface area (Å²) in [5, 5.41) is 6.23. The Morgan fingerprint density at radius 2 is 1.84 bits per heavy atom. The molecule has 2 rings (SSSR count). The molecule has 104 valence electrons. The number of anilines is 2. The smallest absolute Gasteiger partial charge is 0.240 e. The average Bonchev–Trinajstić information content (AvgIpc) is 2.42. The van der Waals surface area contributed by atoms with Crippen LogP contribution in [0.1, 0.15) is 19.8 Å². The minimum Gasteiger partial charge on any atom is -0.382 e. The maximum atomic E-state index is 11.4. The van der Waals surface area contributed by atoms with Crippen LogP contribution in [0.5, 0.6) is 0 Å². The van der Waals surface area contributed by atoms with Crippen LogP contribution in [0.15, 0.2) is 24.3 Å². The van der Waals surface area contributed by atoms with Crippen molar-refractivity contribution in [1.82, 2.24) is 0 Å². The van der Waals surface area contributed by atoms with E-state index in [1.165, 1.54) is 0 Å². The normalized spacial score (nSPS) is 17.8. The molecule has 1 aromatic rings. The Labute approximate surface area is 113 Å². The second-order valence-electron chi connectivity index (χ2n) is 4.89. The van der Waals surface area contributed by atoms with Gasteiger partial charge < -0.3 is 21.1 Å². The first kappa shape index (κ1) is 13.8. The molecular weight excluding hydrogens is 242 g/mol. The minimum atomic E-state index is -0.500. The van der Waals surface area contributed by atoms with E-state index in [4.69, 9.17) is 10.5 Å². The lowest BCUT2D eigenvalue weighted by atomic mass is 10.1. The molecule has 1 atom stereocenters. The van der Waals surface area contributed by atoms with Crippen LogP contribution in [0.4, 0.5) is 11.4 Å². The number of carbonyl (C=O) groups excluding carboxylic acids is 1. The maximum absolute atomic E-state index is 11.4. The van der Waals surface area contributed by atoms with Gasteiger partial charge in [0.1, 0.15) is 0 Å². The first-order valence-electron chi connectivity index (χ1n) is 6.66. The Bertz CT molecular complexity index is 411. The second-order valence-corrected chi connectivity index (χ2v) is 4.89. The fourth-order valence-corrected chi connectivity index (χ4v) is 1.98. The molecule has 1 heterocycles. The molecule has 4 N–H and O–H groups in total. The number of hydrogen-bond acceptors (Lipinski definition) is 4. The number of amides is 1. The molecule has 0 aromatic heterocycles. The standard InChI is InChI=1S/C14H21N3O2/c1-10(15)14(18)17-12-4-2-11(3-5-12)16-13-6-8-19-9-7-13/h2-5,10,13,16H,6-9,15H2,1H3,(H,17,18)/t10-/m1/s1. The third-order valence-electron chi connectivity index (χ3n) is 3.16.